The van der Waals surface area contributed by atoms with E-state index >= 15 is 0 Å². The number of nitrogens with zero attached hydrogens (tertiary/aromatic N) is 2. The number of aromatic nitrogens is 2. The fraction of sp³-hybridized carbons (Fsp3) is 0.308. The van der Waals surface area contributed by atoms with Crippen LogP contribution in [0, 0.1) is 18.6 Å². The molecule has 0 aliphatic carbocycles. The first-order valence-corrected chi connectivity index (χ1v) is 11.6. The molecule has 3 N–H and O–H groups in total. The van der Waals surface area contributed by atoms with Crippen LogP contribution in [0.5, 0.6) is 0 Å². The molecule has 6 nitrogen and oxygen atoms in total. The van der Waals surface area contributed by atoms with Gasteiger partial charge >= 0.3 is 0 Å². The van der Waals surface area contributed by atoms with Gasteiger partial charge in [0.2, 0.25) is 0 Å². The lowest BCUT2D eigenvalue weighted by Crippen LogP contribution is -2.38. The molecule has 1 amide bonds. The normalized spacial score (nSPS) is 18.1. The minimum Gasteiger partial charge on any atom is -0.382 e. The number of hydrogen-bond donors (Lipinski definition) is 3. The monoisotopic (exact) mass is 463 g/mol. The number of hydrogen-bond acceptors (Lipinski definition) is 4. The molecule has 8 heteroatoms. The summed E-state index contributed by atoms with van der Waals surface area (Å²) >= 11 is 0. The SMILES string of the molecule is CCN1CCC(Nc2ccc3c(c2)C(=C(c2nc(C)c[nH]2)c2cccc(F)c2F)C(=O)N3)CC1. The number of amides is 1. The molecule has 1 fully saturated rings. The number of H-pyrrole nitrogens is 1. The van der Waals surface area contributed by atoms with Crippen LogP contribution in [0.2, 0.25) is 0 Å². The first-order valence-electron chi connectivity index (χ1n) is 11.6. The van der Waals surface area contributed by atoms with E-state index in [1.54, 1.807) is 13.1 Å². The maximum absolute atomic E-state index is 15.0. The Kier molecular flexibility index (Phi) is 5.91. The smallest absolute Gasteiger partial charge is 0.257 e. The first-order chi connectivity index (χ1) is 16.4. The predicted octanol–water partition coefficient (Wildman–Crippen LogP) is 4.80. The van der Waals surface area contributed by atoms with Crippen molar-refractivity contribution < 1.29 is 13.6 Å². The van der Waals surface area contributed by atoms with Gasteiger partial charge in [-0.1, -0.05) is 19.1 Å². The average Bonchev–Trinajstić information content (AvgIpc) is 3.40. The third-order valence-corrected chi connectivity index (χ3v) is 6.58. The number of benzene rings is 2. The van der Waals surface area contributed by atoms with Crippen molar-refractivity contribution in [1.82, 2.24) is 14.9 Å². The fourth-order valence-electron chi connectivity index (χ4n) is 4.75. The largest absolute Gasteiger partial charge is 0.382 e. The number of halogens is 2. The molecule has 176 valence electrons. The third kappa shape index (κ3) is 4.09. The Hall–Kier alpha value is -3.52. The minimum absolute atomic E-state index is 0.0161. The highest BCUT2D eigenvalue weighted by Gasteiger charge is 2.32. The number of anilines is 2. The number of aryl methyl sites for hydroxylation is 1. The lowest BCUT2D eigenvalue weighted by molar-refractivity contribution is -0.110. The summed E-state index contributed by atoms with van der Waals surface area (Å²) in [6.07, 6.45) is 3.74. The van der Waals surface area contributed by atoms with E-state index < -0.39 is 11.6 Å². The van der Waals surface area contributed by atoms with Crippen LogP contribution in [0.15, 0.2) is 42.6 Å². The molecule has 1 aromatic heterocycles. The van der Waals surface area contributed by atoms with Gasteiger partial charge in [0.25, 0.3) is 5.91 Å². The fourth-order valence-corrected chi connectivity index (χ4v) is 4.75. The molecular formula is C26H27F2N5O. The van der Waals surface area contributed by atoms with Crippen LogP contribution in [-0.2, 0) is 4.79 Å². The summed E-state index contributed by atoms with van der Waals surface area (Å²) in [4.78, 5) is 23.0. The maximum atomic E-state index is 15.0. The molecule has 0 saturated carbocycles. The third-order valence-electron chi connectivity index (χ3n) is 6.58. The second-order valence-corrected chi connectivity index (χ2v) is 8.81. The van der Waals surface area contributed by atoms with Gasteiger partial charge in [0.15, 0.2) is 11.6 Å². The Labute approximate surface area is 197 Å². The molecule has 5 rings (SSSR count). The molecule has 0 bridgehead atoms. The predicted molar refractivity (Wildman–Crippen MR) is 129 cm³/mol. The zero-order chi connectivity index (χ0) is 23.8. The number of carbonyl (C=O) groups is 1. The summed E-state index contributed by atoms with van der Waals surface area (Å²) in [5, 5.41) is 6.45. The van der Waals surface area contributed by atoms with Crippen molar-refractivity contribution in [2.75, 3.05) is 30.3 Å². The zero-order valence-electron chi connectivity index (χ0n) is 19.2. The van der Waals surface area contributed by atoms with Crippen molar-refractivity contribution in [3.05, 3.63) is 76.9 Å². The second kappa shape index (κ2) is 9.02. The molecule has 0 atom stereocenters. The Morgan fingerprint density at radius 1 is 1.21 bits per heavy atom. The van der Waals surface area contributed by atoms with E-state index in [0.29, 0.717) is 28.8 Å². The Morgan fingerprint density at radius 2 is 2.00 bits per heavy atom. The molecule has 3 aromatic rings. The van der Waals surface area contributed by atoms with Gasteiger partial charge in [-0.25, -0.2) is 13.8 Å². The molecule has 0 radical (unpaired) electrons. The van der Waals surface area contributed by atoms with Crippen LogP contribution in [0.3, 0.4) is 0 Å². The molecular weight excluding hydrogens is 436 g/mol. The summed E-state index contributed by atoms with van der Waals surface area (Å²) in [7, 11) is 0. The Bertz CT molecular complexity index is 1270. The summed E-state index contributed by atoms with van der Waals surface area (Å²) in [5.74, 6) is -2.06. The topological polar surface area (TPSA) is 73.0 Å². The summed E-state index contributed by atoms with van der Waals surface area (Å²) in [6, 6.07) is 9.98. The van der Waals surface area contributed by atoms with E-state index in [-0.39, 0.29) is 22.6 Å². The summed E-state index contributed by atoms with van der Waals surface area (Å²) in [5.41, 5.74) is 3.30. The quantitative estimate of drug-likeness (QED) is 0.475. The van der Waals surface area contributed by atoms with Crippen LogP contribution < -0.4 is 10.6 Å². The van der Waals surface area contributed by atoms with Crippen molar-refractivity contribution in [3.63, 3.8) is 0 Å². The zero-order valence-corrected chi connectivity index (χ0v) is 19.2. The highest BCUT2D eigenvalue weighted by molar-refractivity contribution is 6.38. The van der Waals surface area contributed by atoms with E-state index in [1.807, 2.05) is 18.2 Å². The van der Waals surface area contributed by atoms with E-state index in [4.69, 9.17) is 0 Å². The summed E-state index contributed by atoms with van der Waals surface area (Å²) < 4.78 is 29.1. The van der Waals surface area contributed by atoms with Crippen LogP contribution in [0.25, 0.3) is 11.1 Å². The highest BCUT2D eigenvalue weighted by atomic mass is 19.2. The van der Waals surface area contributed by atoms with Crippen molar-refractivity contribution in [3.8, 4) is 0 Å². The molecule has 1 saturated heterocycles. The number of aromatic amines is 1. The van der Waals surface area contributed by atoms with Crippen LogP contribution in [0.4, 0.5) is 20.2 Å². The lowest BCUT2D eigenvalue weighted by atomic mass is 9.94. The molecule has 0 spiro atoms. The Morgan fingerprint density at radius 3 is 2.71 bits per heavy atom. The number of fused-ring (bicyclic) bond motifs is 1. The van der Waals surface area contributed by atoms with E-state index in [0.717, 1.165) is 44.2 Å². The van der Waals surface area contributed by atoms with E-state index in [1.165, 1.54) is 12.1 Å². The molecule has 2 aromatic carbocycles. The van der Waals surface area contributed by atoms with Gasteiger partial charge in [-0.05, 0) is 50.6 Å². The minimum atomic E-state index is -1.02. The second-order valence-electron chi connectivity index (χ2n) is 8.81. The van der Waals surface area contributed by atoms with Crippen molar-refractivity contribution in [2.45, 2.75) is 32.7 Å². The van der Waals surface area contributed by atoms with Crippen LogP contribution >= 0.6 is 0 Å². The van der Waals surface area contributed by atoms with Gasteiger partial charge in [0.05, 0.1) is 11.3 Å². The molecule has 2 aliphatic heterocycles. The number of rotatable bonds is 5. The average molecular weight is 464 g/mol. The van der Waals surface area contributed by atoms with E-state index in [9.17, 15) is 13.6 Å². The molecule has 34 heavy (non-hydrogen) atoms. The number of imidazole rings is 1. The van der Waals surface area contributed by atoms with Gasteiger partial charge in [0.1, 0.15) is 5.82 Å². The van der Waals surface area contributed by atoms with Crippen molar-refractivity contribution in [2.24, 2.45) is 0 Å². The number of nitrogens with one attached hydrogen (secondary N) is 3. The van der Waals surface area contributed by atoms with Gasteiger partial charge < -0.3 is 20.5 Å². The first kappa shape index (κ1) is 22.3. The van der Waals surface area contributed by atoms with Gasteiger partial charge in [-0.2, -0.15) is 0 Å². The van der Waals surface area contributed by atoms with Gasteiger partial charge in [-0.3, -0.25) is 4.79 Å². The highest BCUT2D eigenvalue weighted by Crippen LogP contribution is 2.41. The van der Waals surface area contributed by atoms with Gasteiger partial charge in [-0.15, -0.1) is 0 Å². The van der Waals surface area contributed by atoms with Crippen LogP contribution in [-0.4, -0.2) is 46.5 Å². The molecule has 0 unspecified atom stereocenters. The number of likely N-dealkylation sites (tertiary alicyclic amines) is 1. The van der Waals surface area contributed by atoms with Crippen molar-refractivity contribution >= 4 is 28.4 Å². The molecule has 2 aliphatic rings. The summed E-state index contributed by atoms with van der Waals surface area (Å²) in [6.45, 7) is 7.11. The standard InChI is InChI=1S/C26H27F2N5O/c1-3-33-11-9-16(10-12-33)31-17-7-8-21-19(13-17)23(26(34)32-21)22(25-29-14-15(2)30-25)18-5-4-6-20(27)24(18)28/h4-8,13-14,16,31H,3,9-12H2,1-2H3,(H,29,30)(H,32,34). The Balaban J connectivity index is 1.59. The number of piperidine rings is 1. The number of carbonyl (C=O) groups excluding carboxylic acids is 1. The van der Waals surface area contributed by atoms with Crippen LogP contribution in [0.1, 0.15) is 42.4 Å². The van der Waals surface area contributed by atoms with Crippen molar-refractivity contribution in [1.29, 1.82) is 0 Å². The lowest BCUT2D eigenvalue weighted by Gasteiger charge is -2.32. The maximum Gasteiger partial charge on any atom is 0.257 e. The van der Waals surface area contributed by atoms with E-state index in [2.05, 4.69) is 32.4 Å². The molecule has 3 heterocycles. The van der Waals surface area contributed by atoms with Gasteiger partial charge in [0, 0.05) is 53.4 Å².